The second-order valence-corrected chi connectivity index (χ2v) is 7.62. The summed E-state index contributed by atoms with van der Waals surface area (Å²) in [4.78, 5) is 25.1. The van der Waals surface area contributed by atoms with Gasteiger partial charge in [-0.1, -0.05) is 60.7 Å². The van der Waals surface area contributed by atoms with Gasteiger partial charge >= 0.3 is 5.97 Å². The van der Waals surface area contributed by atoms with E-state index in [9.17, 15) is 9.59 Å². The van der Waals surface area contributed by atoms with Gasteiger partial charge in [0, 0.05) is 17.7 Å². The molecule has 3 aromatic rings. The third-order valence-corrected chi connectivity index (χ3v) is 5.22. The Hall–Kier alpha value is -4.52. The maximum absolute atomic E-state index is 12.7. The highest BCUT2D eigenvalue weighted by atomic mass is 16.5. The first-order valence-corrected chi connectivity index (χ1v) is 11.3. The highest BCUT2D eigenvalue weighted by Gasteiger charge is 2.22. The monoisotopic (exact) mass is 487 g/mol. The Balaban J connectivity index is 1.81. The molecule has 3 rings (SSSR count). The maximum Gasteiger partial charge on any atom is 0.331 e. The SMILES string of the molecule is COc1cc([C@H](CNC(=O)C=Cc2ccccc2)OC(=O)C=Cc2ccccc2)cc(OC)c1OC. The number of carbonyl (C=O) groups is 2. The van der Waals surface area contributed by atoms with Crippen LogP contribution < -0.4 is 19.5 Å². The van der Waals surface area contributed by atoms with Crippen molar-refractivity contribution < 1.29 is 28.5 Å². The number of methoxy groups -OCH3 is 3. The quantitative estimate of drug-likeness (QED) is 0.308. The first-order chi connectivity index (χ1) is 17.5. The second kappa shape index (κ2) is 13.4. The lowest BCUT2D eigenvalue weighted by Gasteiger charge is -2.21. The van der Waals surface area contributed by atoms with E-state index in [1.54, 1.807) is 24.3 Å². The zero-order chi connectivity index (χ0) is 25.8. The molecule has 0 bridgehead atoms. The van der Waals surface area contributed by atoms with Gasteiger partial charge in [-0.05, 0) is 35.4 Å². The largest absolute Gasteiger partial charge is 0.493 e. The van der Waals surface area contributed by atoms with Crippen LogP contribution in [0.15, 0.2) is 84.9 Å². The van der Waals surface area contributed by atoms with Crippen LogP contribution in [0.25, 0.3) is 12.2 Å². The van der Waals surface area contributed by atoms with E-state index in [0.717, 1.165) is 11.1 Å². The summed E-state index contributed by atoms with van der Waals surface area (Å²) in [6.07, 6.45) is 5.32. The van der Waals surface area contributed by atoms with Crippen molar-refractivity contribution >= 4 is 24.0 Å². The first kappa shape index (κ1) is 26.1. The number of rotatable bonds is 11. The lowest BCUT2D eigenvalue weighted by Crippen LogP contribution is -2.29. The number of benzene rings is 3. The average molecular weight is 488 g/mol. The zero-order valence-corrected chi connectivity index (χ0v) is 20.5. The summed E-state index contributed by atoms with van der Waals surface area (Å²) < 4.78 is 22.0. The Bertz CT molecular complexity index is 1180. The van der Waals surface area contributed by atoms with Crippen molar-refractivity contribution in [2.45, 2.75) is 6.10 Å². The summed E-state index contributed by atoms with van der Waals surface area (Å²) in [5.74, 6) is 0.331. The van der Waals surface area contributed by atoms with Crippen LogP contribution in [0.5, 0.6) is 17.2 Å². The molecule has 0 heterocycles. The van der Waals surface area contributed by atoms with Crippen molar-refractivity contribution in [2.24, 2.45) is 0 Å². The van der Waals surface area contributed by atoms with Gasteiger partial charge in [0.25, 0.3) is 0 Å². The molecule has 7 heteroatoms. The smallest absolute Gasteiger partial charge is 0.331 e. The molecule has 0 unspecified atom stereocenters. The number of carbonyl (C=O) groups excluding carboxylic acids is 2. The highest BCUT2D eigenvalue weighted by molar-refractivity contribution is 5.91. The molecular weight excluding hydrogens is 458 g/mol. The molecule has 3 aromatic carbocycles. The van der Waals surface area contributed by atoms with E-state index < -0.39 is 12.1 Å². The molecule has 0 fully saturated rings. The predicted octanol–water partition coefficient (Wildman–Crippen LogP) is 4.84. The van der Waals surface area contributed by atoms with E-state index in [1.807, 2.05) is 60.7 Å². The number of hydrogen-bond donors (Lipinski definition) is 1. The molecule has 0 saturated carbocycles. The molecule has 0 aliphatic rings. The Morgan fingerprint density at radius 3 is 1.81 bits per heavy atom. The Morgan fingerprint density at radius 1 is 0.778 bits per heavy atom. The molecule has 7 nitrogen and oxygen atoms in total. The predicted molar refractivity (Wildman–Crippen MR) is 139 cm³/mol. The molecule has 36 heavy (non-hydrogen) atoms. The molecule has 186 valence electrons. The first-order valence-electron chi connectivity index (χ1n) is 11.3. The number of nitrogens with one attached hydrogen (secondary N) is 1. The molecule has 1 N–H and O–H groups in total. The van der Waals surface area contributed by atoms with Crippen LogP contribution in [0.1, 0.15) is 22.8 Å². The molecular formula is C29H29NO6. The topological polar surface area (TPSA) is 83.1 Å². The molecule has 0 radical (unpaired) electrons. The maximum atomic E-state index is 12.7. The minimum atomic E-state index is -0.819. The molecule has 0 spiro atoms. The molecule has 1 atom stereocenters. The fraction of sp³-hybridized carbons (Fsp3) is 0.172. The molecule has 0 aromatic heterocycles. The van der Waals surface area contributed by atoms with Gasteiger partial charge in [-0.25, -0.2) is 4.79 Å². The molecule has 1 amide bonds. The highest BCUT2D eigenvalue weighted by Crippen LogP contribution is 2.40. The van der Waals surface area contributed by atoms with E-state index in [0.29, 0.717) is 22.8 Å². The van der Waals surface area contributed by atoms with Crippen LogP contribution in [0.3, 0.4) is 0 Å². The van der Waals surface area contributed by atoms with E-state index in [4.69, 9.17) is 18.9 Å². The van der Waals surface area contributed by atoms with Crippen molar-refractivity contribution in [1.82, 2.24) is 5.32 Å². The molecule has 0 aliphatic carbocycles. The summed E-state index contributed by atoms with van der Waals surface area (Å²) in [5, 5.41) is 2.79. The van der Waals surface area contributed by atoms with Gasteiger partial charge in [-0.2, -0.15) is 0 Å². The second-order valence-electron chi connectivity index (χ2n) is 7.62. The van der Waals surface area contributed by atoms with Gasteiger partial charge in [0.05, 0.1) is 27.9 Å². The molecule has 0 saturated heterocycles. The van der Waals surface area contributed by atoms with Crippen LogP contribution in [0.2, 0.25) is 0 Å². The Labute approximate surface area is 211 Å². The summed E-state index contributed by atoms with van der Waals surface area (Å²) in [7, 11) is 4.51. The fourth-order valence-electron chi connectivity index (χ4n) is 3.41. The van der Waals surface area contributed by atoms with Gasteiger partial charge in [0.2, 0.25) is 11.7 Å². The molecule has 0 aliphatic heterocycles. The lowest BCUT2D eigenvalue weighted by atomic mass is 10.1. The van der Waals surface area contributed by atoms with Crippen LogP contribution in [-0.2, 0) is 14.3 Å². The average Bonchev–Trinajstić information content (AvgIpc) is 2.93. The van der Waals surface area contributed by atoms with Crippen LogP contribution >= 0.6 is 0 Å². The van der Waals surface area contributed by atoms with Crippen LogP contribution in [0.4, 0.5) is 0 Å². The lowest BCUT2D eigenvalue weighted by molar-refractivity contribution is -0.143. The van der Waals surface area contributed by atoms with Crippen molar-refractivity contribution in [3.63, 3.8) is 0 Å². The third-order valence-electron chi connectivity index (χ3n) is 5.22. The van der Waals surface area contributed by atoms with E-state index in [2.05, 4.69) is 5.32 Å². The van der Waals surface area contributed by atoms with E-state index in [-0.39, 0.29) is 12.5 Å². The number of amides is 1. The summed E-state index contributed by atoms with van der Waals surface area (Å²) in [6, 6.07) is 22.2. The van der Waals surface area contributed by atoms with Crippen LogP contribution in [-0.4, -0.2) is 39.8 Å². The minimum absolute atomic E-state index is 0.0293. The third kappa shape index (κ3) is 7.50. The fourth-order valence-corrected chi connectivity index (χ4v) is 3.41. The van der Waals surface area contributed by atoms with Gasteiger partial charge in [0.1, 0.15) is 6.10 Å². The summed E-state index contributed by atoms with van der Waals surface area (Å²) in [6.45, 7) is 0.0293. The van der Waals surface area contributed by atoms with E-state index >= 15 is 0 Å². The van der Waals surface area contributed by atoms with Crippen molar-refractivity contribution in [3.05, 3.63) is 102 Å². The summed E-state index contributed by atoms with van der Waals surface area (Å²) in [5.41, 5.74) is 2.32. The van der Waals surface area contributed by atoms with Crippen molar-refractivity contribution in [2.75, 3.05) is 27.9 Å². The Kier molecular flexibility index (Phi) is 9.70. The minimum Gasteiger partial charge on any atom is -0.493 e. The van der Waals surface area contributed by atoms with Crippen molar-refractivity contribution in [1.29, 1.82) is 0 Å². The number of ether oxygens (including phenoxy) is 4. The van der Waals surface area contributed by atoms with Gasteiger partial charge in [-0.3, -0.25) is 4.79 Å². The van der Waals surface area contributed by atoms with Crippen molar-refractivity contribution in [3.8, 4) is 17.2 Å². The zero-order valence-electron chi connectivity index (χ0n) is 20.5. The van der Waals surface area contributed by atoms with Gasteiger partial charge in [-0.15, -0.1) is 0 Å². The van der Waals surface area contributed by atoms with Gasteiger partial charge < -0.3 is 24.3 Å². The van der Waals surface area contributed by atoms with Crippen LogP contribution in [0, 0.1) is 0 Å². The van der Waals surface area contributed by atoms with E-state index in [1.165, 1.54) is 33.5 Å². The normalized spacial score (nSPS) is 11.8. The summed E-state index contributed by atoms with van der Waals surface area (Å²) >= 11 is 0. The number of hydrogen-bond acceptors (Lipinski definition) is 6. The van der Waals surface area contributed by atoms with Gasteiger partial charge in [0.15, 0.2) is 11.5 Å². The Morgan fingerprint density at radius 2 is 1.31 bits per heavy atom. The standard InChI is InChI=1S/C29H29NO6/c1-33-24-18-23(19-25(34-2)29(24)35-3)26(36-28(32)17-15-22-12-8-5-9-13-22)20-30-27(31)16-14-21-10-6-4-7-11-21/h4-19,26H,20H2,1-3H3,(H,30,31)/t26-/m0/s1. The number of esters is 1.